The van der Waals surface area contributed by atoms with Crippen LogP contribution in [0.15, 0.2) is 42.5 Å². The van der Waals surface area contributed by atoms with Gasteiger partial charge in [-0.15, -0.1) is 10.2 Å². The molecule has 0 atom stereocenters. The van der Waals surface area contributed by atoms with E-state index < -0.39 is 0 Å². The van der Waals surface area contributed by atoms with Crippen LogP contribution < -0.4 is 0 Å². The van der Waals surface area contributed by atoms with Crippen molar-refractivity contribution in [3.05, 3.63) is 52.5 Å². The smallest absolute Gasteiger partial charge is 0.115 e. The summed E-state index contributed by atoms with van der Waals surface area (Å²) in [6.07, 6.45) is 0. The van der Waals surface area contributed by atoms with Crippen molar-refractivity contribution in [1.29, 1.82) is 0 Å². The molecule has 3 rings (SSSR count). The summed E-state index contributed by atoms with van der Waals surface area (Å²) >= 11 is 11.9. The first-order valence-corrected chi connectivity index (χ1v) is 5.77. The number of aromatic nitrogens is 3. The third kappa shape index (κ3) is 1.88. The lowest BCUT2D eigenvalue weighted by atomic mass is 10.3. The van der Waals surface area contributed by atoms with Gasteiger partial charge in [0.25, 0.3) is 0 Å². The van der Waals surface area contributed by atoms with E-state index in [1.165, 1.54) is 0 Å². The fourth-order valence-corrected chi connectivity index (χ4v) is 1.91. The standard InChI is InChI=1S/C12H7Cl2N3/c13-9-6-11-12(7-10(9)14)16-17(15-11)8-4-2-1-3-5-8/h1-7H. The van der Waals surface area contributed by atoms with E-state index in [0.29, 0.717) is 10.0 Å². The van der Waals surface area contributed by atoms with E-state index in [1.807, 2.05) is 30.3 Å². The SMILES string of the molecule is Clc1cc2nn(-c3ccccc3)nc2cc1Cl. The number of hydrogen-bond acceptors (Lipinski definition) is 2. The van der Waals surface area contributed by atoms with Crippen molar-refractivity contribution in [3.63, 3.8) is 0 Å². The van der Waals surface area contributed by atoms with Crippen LogP contribution in [0.4, 0.5) is 0 Å². The normalized spacial score (nSPS) is 10.9. The molecule has 3 nitrogen and oxygen atoms in total. The van der Waals surface area contributed by atoms with Crippen LogP contribution in [-0.4, -0.2) is 15.0 Å². The minimum atomic E-state index is 0.485. The van der Waals surface area contributed by atoms with Crippen molar-refractivity contribution < 1.29 is 0 Å². The monoisotopic (exact) mass is 263 g/mol. The van der Waals surface area contributed by atoms with Gasteiger partial charge in [-0.25, -0.2) is 0 Å². The number of benzene rings is 2. The Morgan fingerprint density at radius 3 is 1.88 bits per heavy atom. The number of halogens is 2. The first kappa shape index (κ1) is 10.6. The van der Waals surface area contributed by atoms with Crippen LogP contribution in [0.25, 0.3) is 16.7 Å². The molecule has 0 aliphatic rings. The van der Waals surface area contributed by atoms with Crippen molar-refractivity contribution in [3.8, 4) is 5.69 Å². The first-order chi connectivity index (χ1) is 8.24. The van der Waals surface area contributed by atoms with Crippen molar-refractivity contribution >= 4 is 34.2 Å². The highest BCUT2D eigenvalue weighted by molar-refractivity contribution is 6.42. The average molecular weight is 264 g/mol. The highest BCUT2D eigenvalue weighted by Crippen LogP contribution is 2.26. The lowest BCUT2D eigenvalue weighted by molar-refractivity contribution is 0.766. The second-order valence-corrected chi connectivity index (χ2v) is 4.39. The van der Waals surface area contributed by atoms with Gasteiger partial charge < -0.3 is 0 Å². The number of fused-ring (bicyclic) bond motifs is 1. The Bertz CT molecular complexity index is 638. The molecule has 1 heterocycles. The molecular formula is C12H7Cl2N3. The van der Waals surface area contributed by atoms with Gasteiger partial charge >= 0.3 is 0 Å². The maximum Gasteiger partial charge on any atom is 0.115 e. The van der Waals surface area contributed by atoms with Gasteiger partial charge in [-0.1, -0.05) is 41.4 Å². The molecule has 3 aromatic rings. The lowest BCUT2D eigenvalue weighted by Crippen LogP contribution is -1.97. The highest BCUT2D eigenvalue weighted by Gasteiger charge is 2.07. The fourth-order valence-electron chi connectivity index (χ4n) is 1.59. The molecule has 0 radical (unpaired) electrons. The van der Waals surface area contributed by atoms with Gasteiger partial charge in [0.05, 0.1) is 15.7 Å². The Kier molecular flexibility index (Phi) is 2.50. The van der Waals surface area contributed by atoms with E-state index in [1.54, 1.807) is 16.9 Å². The Balaban J connectivity index is 2.21. The predicted octanol–water partition coefficient (Wildman–Crippen LogP) is 3.73. The first-order valence-electron chi connectivity index (χ1n) is 5.01. The molecule has 0 unspecified atom stereocenters. The molecule has 0 aliphatic heterocycles. The molecule has 0 saturated carbocycles. The summed E-state index contributed by atoms with van der Waals surface area (Å²) in [5, 5.41) is 9.67. The Labute approximate surface area is 108 Å². The molecule has 0 saturated heterocycles. The zero-order valence-corrected chi connectivity index (χ0v) is 10.2. The second kappa shape index (κ2) is 4.02. The van der Waals surface area contributed by atoms with Gasteiger partial charge in [0.2, 0.25) is 0 Å². The number of hydrogen-bond donors (Lipinski definition) is 0. The fraction of sp³-hybridized carbons (Fsp3) is 0. The third-order valence-electron chi connectivity index (χ3n) is 2.41. The van der Waals surface area contributed by atoms with Gasteiger partial charge in [-0.05, 0) is 24.3 Å². The van der Waals surface area contributed by atoms with Crippen molar-refractivity contribution in [2.45, 2.75) is 0 Å². The Morgan fingerprint density at radius 2 is 1.35 bits per heavy atom. The Morgan fingerprint density at radius 1 is 0.824 bits per heavy atom. The van der Waals surface area contributed by atoms with Gasteiger partial charge in [-0.2, -0.15) is 4.80 Å². The predicted molar refractivity (Wildman–Crippen MR) is 68.9 cm³/mol. The van der Waals surface area contributed by atoms with Crippen molar-refractivity contribution in [1.82, 2.24) is 15.0 Å². The van der Waals surface area contributed by atoms with Gasteiger partial charge in [0.15, 0.2) is 0 Å². The summed E-state index contributed by atoms with van der Waals surface area (Å²) < 4.78 is 0. The van der Waals surface area contributed by atoms with Gasteiger partial charge in [-0.3, -0.25) is 0 Å². The summed E-state index contributed by atoms with van der Waals surface area (Å²) in [5.74, 6) is 0. The molecule has 5 heteroatoms. The average Bonchev–Trinajstić information content (AvgIpc) is 2.74. The lowest BCUT2D eigenvalue weighted by Gasteiger charge is -1.96. The van der Waals surface area contributed by atoms with Gasteiger partial charge in [0.1, 0.15) is 11.0 Å². The quantitative estimate of drug-likeness (QED) is 0.670. The van der Waals surface area contributed by atoms with Crippen molar-refractivity contribution in [2.24, 2.45) is 0 Å². The van der Waals surface area contributed by atoms with Crippen LogP contribution in [0, 0.1) is 0 Å². The molecule has 17 heavy (non-hydrogen) atoms. The second-order valence-electron chi connectivity index (χ2n) is 3.58. The van der Waals surface area contributed by atoms with Crippen LogP contribution in [-0.2, 0) is 0 Å². The van der Waals surface area contributed by atoms with E-state index in [4.69, 9.17) is 23.2 Å². The minimum absolute atomic E-state index is 0.485. The molecule has 0 amide bonds. The maximum atomic E-state index is 5.93. The van der Waals surface area contributed by atoms with Crippen LogP contribution in [0.5, 0.6) is 0 Å². The van der Waals surface area contributed by atoms with Crippen molar-refractivity contribution in [2.75, 3.05) is 0 Å². The molecule has 0 N–H and O–H groups in total. The van der Waals surface area contributed by atoms with E-state index in [0.717, 1.165) is 16.7 Å². The molecular weight excluding hydrogens is 257 g/mol. The molecule has 84 valence electrons. The topological polar surface area (TPSA) is 30.7 Å². The summed E-state index contributed by atoms with van der Waals surface area (Å²) in [5.41, 5.74) is 2.35. The van der Waals surface area contributed by atoms with E-state index in [9.17, 15) is 0 Å². The van der Waals surface area contributed by atoms with Crippen LogP contribution in [0.1, 0.15) is 0 Å². The number of rotatable bonds is 1. The molecule has 0 bridgehead atoms. The Hall–Kier alpha value is -1.58. The van der Waals surface area contributed by atoms with Crippen LogP contribution in [0.3, 0.4) is 0 Å². The summed E-state index contributed by atoms with van der Waals surface area (Å²) in [6, 6.07) is 13.1. The minimum Gasteiger partial charge on any atom is -0.150 e. The summed E-state index contributed by atoms with van der Waals surface area (Å²) in [4.78, 5) is 1.57. The molecule has 0 aliphatic carbocycles. The largest absolute Gasteiger partial charge is 0.150 e. The molecule has 0 fully saturated rings. The summed E-state index contributed by atoms with van der Waals surface area (Å²) in [6.45, 7) is 0. The molecule has 2 aromatic carbocycles. The zero-order valence-electron chi connectivity index (χ0n) is 8.64. The van der Waals surface area contributed by atoms with E-state index in [-0.39, 0.29) is 0 Å². The summed E-state index contributed by atoms with van der Waals surface area (Å²) in [7, 11) is 0. The number of nitrogens with zero attached hydrogens (tertiary/aromatic N) is 3. The number of para-hydroxylation sites is 1. The maximum absolute atomic E-state index is 5.93. The van der Waals surface area contributed by atoms with Crippen LogP contribution in [0.2, 0.25) is 10.0 Å². The zero-order chi connectivity index (χ0) is 11.8. The van der Waals surface area contributed by atoms with E-state index >= 15 is 0 Å². The highest BCUT2D eigenvalue weighted by atomic mass is 35.5. The van der Waals surface area contributed by atoms with Gasteiger partial charge in [0, 0.05) is 0 Å². The van der Waals surface area contributed by atoms with Crippen LogP contribution >= 0.6 is 23.2 Å². The van der Waals surface area contributed by atoms with E-state index in [2.05, 4.69) is 10.2 Å². The molecule has 1 aromatic heterocycles. The third-order valence-corrected chi connectivity index (χ3v) is 3.13. The molecule has 0 spiro atoms.